The minimum atomic E-state index is -4.65. The first-order valence-corrected chi connectivity index (χ1v) is 7.42. The maximum absolute atomic E-state index is 12.9. The third-order valence-corrected chi connectivity index (χ3v) is 4.13. The lowest BCUT2D eigenvalue weighted by molar-refractivity contribution is -0.138. The number of halogens is 4. The average Bonchev–Trinajstić information content (AvgIpc) is 2.43. The molecule has 25 heavy (non-hydrogen) atoms. The first-order chi connectivity index (χ1) is 11.4. The molecule has 5 N–H and O–H groups in total. The summed E-state index contributed by atoms with van der Waals surface area (Å²) in [6.45, 7) is 0. The maximum Gasteiger partial charge on any atom is 0.417 e. The van der Waals surface area contributed by atoms with Gasteiger partial charge in [-0.1, -0.05) is 6.07 Å². The molecular formula is C14H8F3IN2O5. The number of pyridine rings is 1. The Hall–Kier alpha value is -2.57. The van der Waals surface area contributed by atoms with E-state index in [1.807, 2.05) is 4.98 Å². The number of hydrogen-bond donors (Lipinski definition) is 4. The van der Waals surface area contributed by atoms with Crippen LogP contribution in [0.4, 0.5) is 19.0 Å². The van der Waals surface area contributed by atoms with Gasteiger partial charge in [0.05, 0.1) is 5.56 Å². The summed E-state index contributed by atoms with van der Waals surface area (Å²) < 4.78 is 38.3. The summed E-state index contributed by atoms with van der Waals surface area (Å²) in [5, 5.41) is 18.5. The summed E-state index contributed by atoms with van der Waals surface area (Å²) in [6.07, 6.45) is -4.65. The van der Waals surface area contributed by atoms with Crippen molar-refractivity contribution in [2.24, 2.45) is 0 Å². The van der Waals surface area contributed by atoms with Crippen molar-refractivity contribution in [3.63, 3.8) is 0 Å². The van der Waals surface area contributed by atoms with Crippen LogP contribution in [0.3, 0.4) is 0 Å². The Balaban J connectivity index is 2.91. The number of aromatic amines is 1. The van der Waals surface area contributed by atoms with E-state index in [1.54, 1.807) is 0 Å². The second-order valence-electron chi connectivity index (χ2n) is 4.80. The van der Waals surface area contributed by atoms with E-state index in [0.29, 0.717) is 6.07 Å². The second kappa shape index (κ2) is 6.38. The fourth-order valence-corrected chi connectivity index (χ4v) is 3.06. The van der Waals surface area contributed by atoms with Crippen molar-refractivity contribution < 1.29 is 33.0 Å². The second-order valence-corrected chi connectivity index (χ2v) is 5.96. The van der Waals surface area contributed by atoms with Crippen LogP contribution in [-0.2, 0) is 6.18 Å². The number of rotatable bonds is 3. The molecule has 0 spiro atoms. The molecule has 0 atom stereocenters. The molecule has 11 heteroatoms. The third kappa shape index (κ3) is 3.45. The molecule has 0 saturated heterocycles. The van der Waals surface area contributed by atoms with E-state index >= 15 is 0 Å². The number of alkyl halides is 3. The number of H-pyrrole nitrogens is 1. The lowest BCUT2D eigenvalue weighted by Crippen LogP contribution is -2.24. The molecule has 2 rings (SSSR count). The zero-order valence-corrected chi connectivity index (χ0v) is 14.1. The van der Waals surface area contributed by atoms with E-state index < -0.39 is 51.7 Å². The Morgan fingerprint density at radius 1 is 1.12 bits per heavy atom. The third-order valence-electron chi connectivity index (χ3n) is 3.24. The Morgan fingerprint density at radius 2 is 1.68 bits per heavy atom. The normalized spacial score (nSPS) is 11.4. The minimum Gasteiger partial charge on any atom is -0.478 e. The Morgan fingerprint density at radius 3 is 2.12 bits per heavy atom. The van der Waals surface area contributed by atoms with Crippen LogP contribution in [0.15, 0.2) is 23.0 Å². The van der Waals surface area contributed by atoms with Gasteiger partial charge in [0.25, 0.3) is 5.56 Å². The standard InChI is InChI=1S/C14H8F3IN2O5/c15-14(16,17)5-2-1-4(3-6(5)18)7-8(12(22)23)10(19)20-11(21)9(7)13(24)25/h1-3H,(H,22,23)(H,24,25)(H3,19,20,21). The molecular weight excluding hydrogens is 460 g/mol. The number of nitrogen functional groups attached to an aromatic ring is 1. The van der Waals surface area contributed by atoms with Gasteiger partial charge in [0.15, 0.2) is 0 Å². The molecule has 0 bridgehead atoms. The van der Waals surface area contributed by atoms with Crippen LogP contribution in [0, 0.1) is 3.57 Å². The van der Waals surface area contributed by atoms with E-state index in [-0.39, 0.29) is 9.13 Å². The molecule has 0 aliphatic rings. The van der Waals surface area contributed by atoms with Crippen LogP contribution in [0.2, 0.25) is 0 Å². The summed E-state index contributed by atoms with van der Waals surface area (Å²) in [5.74, 6) is -3.98. The van der Waals surface area contributed by atoms with Crippen LogP contribution in [-0.4, -0.2) is 27.1 Å². The first-order valence-electron chi connectivity index (χ1n) is 6.34. The van der Waals surface area contributed by atoms with Crippen molar-refractivity contribution in [1.82, 2.24) is 4.98 Å². The SMILES string of the molecule is Nc1[nH]c(=O)c(C(=O)O)c(-c2ccc(C(F)(F)F)c(I)c2)c1C(=O)O. The van der Waals surface area contributed by atoms with Gasteiger partial charge < -0.3 is 20.9 Å². The molecule has 0 amide bonds. The van der Waals surface area contributed by atoms with Gasteiger partial charge in [0, 0.05) is 9.13 Å². The largest absolute Gasteiger partial charge is 0.478 e. The van der Waals surface area contributed by atoms with Crippen molar-refractivity contribution in [2.45, 2.75) is 6.18 Å². The van der Waals surface area contributed by atoms with Gasteiger partial charge in [-0.3, -0.25) is 4.79 Å². The highest BCUT2D eigenvalue weighted by Gasteiger charge is 2.34. The molecule has 0 unspecified atom stereocenters. The van der Waals surface area contributed by atoms with Crippen LogP contribution < -0.4 is 11.3 Å². The quantitative estimate of drug-likeness (QED) is 0.512. The van der Waals surface area contributed by atoms with Crippen molar-refractivity contribution in [2.75, 3.05) is 5.73 Å². The smallest absolute Gasteiger partial charge is 0.417 e. The number of carboxylic acids is 2. The van der Waals surface area contributed by atoms with Gasteiger partial charge in [-0.25, -0.2) is 9.59 Å². The van der Waals surface area contributed by atoms with Crippen LogP contribution >= 0.6 is 22.6 Å². The average molecular weight is 468 g/mol. The van der Waals surface area contributed by atoms with E-state index in [2.05, 4.69) is 0 Å². The van der Waals surface area contributed by atoms with Gasteiger partial charge in [-0.05, 0) is 40.3 Å². The van der Waals surface area contributed by atoms with Crippen molar-refractivity contribution >= 4 is 40.3 Å². The molecule has 0 aliphatic heterocycles. The number of anilines is 1. The fraction of sp³-hybridized carbons (Fsp3) is 0.0714. The lowest BCUT2D eigenvalue weighted by atomic mass is 9.94. The van der Waals surface area contributed by atoms with Gasteiger partial charge in [-0.15, -0.1) is 0 Å². The Labute approximate surface area is 150 Å². The molecule has 2 aromatic rings. The number of benzene rings is 1. The lowest BCUT2D eigenvalue weighted by Gasteiger charge is -2.14. The predicted octanol–water partition coefficient (Wildman–Crippen LogP) is 2.64. The Bertz CT molecular complexity index is 953. The van der Waals surface area contributed by atoms with E-state index in [9.17, 15) is 37.8 Å². The minimum absolute atomic E-state index is 0.190. The van der Waals surface area contributed by atoms with Crippen LogP contribution in [0.5, 0.6) is 0 Å². The molecule has 7 nitrogen and oxygen atoms in total. The zero-order chi connectivity index (χ0) is 19.1. The molecule has 0 fully saturated rings. The number of carboxylic acid groups (broad SMARTS) is 2. The van der Waals surface area contributed by atoms with Gasteiger partial charge >= 0.3 is 18.1 Å². The van der Waals surface area contributed by atoms with Gasteiger partial charge in [0.2, 0.25) is 0 Å². The highest BCUT2D eigenvalue weighted by atomic mass is 127. The number of aromatic nitrogens is 1. The molecule has 0 radical (unpaired) electrons. The summed E-state index contributed by atoms with van der Waals surface area (Å²) >= 11 is 1.38. The van der Waals surface area contributed by atoms with Gasteiger partial charge in [0.1, 0.15) is 16.9 Å². The summed E-state index contributed by atoms with van der Waals surface area (Å²) in [4.78, 5) is 36.6. The highest BCUT2D eigenvalue weighted by molar-refractivity contribution is 14.1. The number of nitrogens with two attached hydrogens (primary N) is 1. The van der Waals surface area contributed by atoms with Crippen molar-refractivity contribution in [3.8, 4) is 11.1 Å². The number of nitrogens with one attached hydrogen (secondary N) is 1. The first kappa shape index (κ1) is 18.8. The van der Waals surface area contributed by atoms with Gasteiger partial charge in [-0.2, -0.15) is 13.2 Å². The van der Waals surface area contributed by atoms with Crippen LogP contribution in [0.25, 0.3) is 11.1 Å². The monoisotopic (exact) mass is 468 g/mol. The molecule has 1 aromatic carbocycles. The van der Waals surface area contributed by atoms with E-state index in [1.165, 1.54) is 22.6 Å². The topological polar surface area (TPSA) is 133 Å². The van der Waals surface area contributed by atoms with Crippen molar-refractivity contribution in [1.29, 1.82) is 0 Å². The molecule has 1 aromatic heterocycles. The number of aromatic carboxylic acids is 2. The fourth-order valence-electron chi connectivity index (χ4n) is 2.24. The number of carbonyl (C=O) groups is 2. The summed E-state index contributed by atoms with van der Waals surface area (Å²) in [6, 6.07) is 2.50. The molecule has 1 heterocycles. The maximum atomic E-state index is 12.9. The Kier molecular flexibility index (Phi) is 4.79. The molecule has 0 aliphatic carbocycles. The summed E-state index contributed by atoms with van der Waals surface area (Å²) in [5.41, 5.74) is 0.910. The molecule has 132 valence electrons. The zero-order valence-electron chi connectivity index (χ0n) is 11.9. The van der Waals surface area contributed by atoms with E-state index in [0.717, 1.165) is 12.1 Å². The summed E-state index contributed by atoms with van der Waals surface area (Å²) in [7, 11) is 0. The van der Waals surface area contributed by atoms with E-state index in [4.69, 9.17) is 5.73 Å². The highest BCUT2D eigenvalue weighted by Crippen LogP contribution is 2.36. The van der Waals surface area contributed by atoms with Crippen molar-refractivity contribution in [3.05, 3.63) is 48.8 Å². The van der Waals surface area contributed by atoms with Crippen LogP contribution in [0.1, 0.15) is 26.3 Å². The molecule has 0 saturated carbocycles. The number of hydrogen-bond acceptors (Lipinski definition) is 4. The predicted molar refractivity (Wildman–Crippen MR) is 88.5 cm³/mol.